The van der Waals surface area contributed by atoms with Crippen molar-refractivity contribution in [3.05, 3.63) is 53.9 Å². The average Bonchev–Trinajstić information content (AvgIpc) is 2.72. The van der Waals surface area contributed by atoms with Crippen LogP contribution >= 0.6 is 12.4 Å². The van der Waals surface area contributed by atoms with Crippen molar-refractivity contribution < 1.29 is 0 Å². The van der Waals surface area contributed by atoms with Crippen molar-refractivity contribution in [2.75, 3.05) is 6.54 Å². The number of nitrogens with zero attached hydrogens (tertiary/aromatic N) is 2. The fraction of sp³-hybridized carbons (Fsp3) is 0.308. The summed E-state index contributed by atoms with van der Waals surface area (Å²) in [6.45, 7) is 1.83. The normalized spacial score (nSPS) is 9.94. The summed E-state index contributed by atoms with van der Waals surface area (Å²) in [4.78, 5) is 0. The van der Waals surface area contributed by atoms with E-state index in [0.717, 1.165) is 25.2 Å². The maximum absolute atomic E-state index is 4.31. The first-order chi connectivity index (χ1) is 7.84. The molecule has 0 fully saturated rings. The van der Waals surface area contributed by atoms with Crippen LogP contribution in [-0.4, -0.2) is 16.3 Å². The molecule has 17 heavy (non-hydrogen) atoms. The van der Waals surface area contributed by atoms with Gasteiger partial charge in [-0.15, -0.1) is 12.4 Å². The average molecular weight is 252 g/mol. The third-order valence-corrected chi connectivity index (χ3v) is 2.51. The lowest BCUT2D eigenvalue weighted by molar-refractivity contribution is 0.654. The quantitative estimate of drug-likeness (QED) is 0.826. The van der Waals surface area contributed by atoms with Gasteiger partial charge in [0, 0.05) is 19.8 Å². The van der Waals surface area contributed by atoms with Gasteiger partial charge in [-0.1, -0.05) is 30.3 Å². The topological polar surface area (TPSA) is 29.9 Å². The summed E-state index contributed by atoms with van der Waals surface area (Å²) in [7, 11) is 1.94. The highest BCUT2D eigenvalue weighted by molar-refractivity contribution is 5.85. The molecule has 1 heterocycles. The van der Waals surface area contributed by atoms with Crippen LogP contribution in [0, 0.1) is 0 Å². The summed E-state index contributed by atoms with van der Waals surface area (Å²) in [5.74, 6) is 0. The molecule has 0 radical (unpaired) electrons. The second-order valence-electron chi connectivity index (χ2n) is 3.89. The zero-order valence-corrected chi connectivity index (χ0v) is 10.8. The van der Waals surface area contributed by atoms with Crippen molar-refractivity contribution in [3.63, 3.8) is 0 Å². The predicted molar refractivity (Wildman–Crippen MR) is 72.3 cm³/mol. The van der Waals surface area contributed by atoms with Gasteiger partial charge in [-0.3, -0.25) is 4.68 Å². The van der Waals surface area contributed by atoms with E-state index in [1.807, 2.05) is 30.1 Å². The van der Waals surface area contributed by atoms with Gasteiger partial charge in [0.15, 0.2) is 0 Å². The Bertz CT molecular complexity index is 425. The Kier molecular flexibility index (Phi) is 5.73. The molecule has 0 spiro atoms. The van der Waals surface area contributed by atoms with Crippen molar-refractivity contribution in [3.8, 4) is 0 Å². The lowest BCUT2D eigenvalue weighted by Gasteiger charge is -2.02. The molecule has 4 heteroatoms. The van der Waals surface area contributed by atoms with E-state index in [1.165, 1.54) is 5.56 Å². The molecule has 1 aromatic heterocycles. The molecule has 2 aromatic rings. The first-order valence-corrected chi connectivity index (χ1v) is 5.58. The second kappa shape index (κ2) is 7.09. The van der Waals surface area contributed by atoms with Crippen molar-refractivity contribution in [1.29, 1.82) is 0 Å². The number of rotatable bonds is 5. The highest BCUT2D eigenvalue weighted by atomic mass is 35.5. The second-order valence-corrected chi connectivity index (χ2v) is 3.89. The molecular formula is C13H18ClN3. The third kappa shape index (κ3) is 4.59. The highest BCUT2D eigenvalue weighted by Crippen LogP contribution is 1.98. The number of hydrogen-bond acceptors (Lipinski definition) is 2. The molecule has 0 aliphatic heterocycles. The summed E-state index contributed by atoms with van der Waals surface area (Å²) >= 11 is 0. The Hall–Kier alpha value is -1.32. The van der Waals surface area contributed by atoms with Gasteiger partial charge in [0.2, 0.25) is 0 Å². The minimum atomic E-state index is 0. The van der Waals surface area contributed by atoms with E-state index in [2.05, 4.69) is 34.7 Å². The zero-order chi connectivity index (χ0) is 11.2. The molecule has 0 amide bonds. The maximum Gasteiger partial charge on any atom is 0.0762 e. The van der Waals surface area contributed by atoms with Gasteiger partial charge >= 0.3 is 0 Å². The van der Waals surface area contributed by atoms with E-state index in [9.17, 15) is 0 Å². The van der Waals surface area contributed by atoms with Gasteiger partial charge in [-0.05, 0) is 24.6 Å². The third-order valence-electron chi connectivity index (χ3n) is 2.51. The SMILES string of the molecule is Cl.Cn1ccc(CNCCc2ccccc2)n1. The molecule has 0 unspecified atom stereocenters. The van der Waals surface area contributed by atoms with Crippen LogP contribution in [0.25, 0.3) is 0 Å². The van der Waals surface area contributed by atoms with E-state index in [4.69, 9.17) is 0 Å². The first kappa shape index (κ1) is 13.7. The summed E-state index contributed by atoms with van der Waals surface area (Å²) in [6.07, 6.45) is 3.03. The van der Waals surface area contributed by atoms with Gasteiger partial charge in [0.1, 0.15) is 0 Å². The summed E-state index contributed by atoms with van der Waals surface area (Å²) in [5, 5.41) is 7.70. The van der Waals surface area contributed by atoms with E-state index in [-0.39, 0.29) is 12.4 Å². The number of benzene rings is 1. The molecule has 0 saturated heterocycles. The molecule has 0 aliphatic carbocycles. The van der Waals surface area contributed by atoms with E-state index in [1.54, 1.807) is 0 Å². The standard InChI is InChI=1S/C13H17N3.ClH/c1-16-10-8-13(15-16)11-14-9-7-12-5-3-2-4-6-12;/h2-6,8,10,14H,7,9,11H2,1H3;1H. The number of aryl methyl sites for hydroxylation is 1. The lowest BCUT2D eigenvalue weighted by Crippen LogP contribution is -2.17. The van der Waals surface area contributed by atoms with Crippen molar-refractivity contribution >= 4 is 12.4 Å². The number of hydrogen-bond donors (Lipinski definition) is 1. The van der Waals surface area contributed by atoms with Gasteiger partial charge < -0.3 is 5.32 Å². The summed E-state index contributed by atoms with van der Waals surface area (Å²) < 4.78 is 1.83. The van der Waals surface area contributed by atoms with E-state index >= 15 is 0 Å². The van der Waals surface area contributed by atoms with Crippen molar-refractivity contribution in [2.24, 2.45) is 7.05 Å². The van der Waals surface area contributed by atoms with Gasteiger partial charge in [0.25, 0.3) is 0 Å². The highest BCUT2D eigenvalue weighted by Gasteiger charge is 1.96. The molecule has 0 atom stereocenters. The van der Waals surface area contributed by atoms with Gasteiger partial charge in [-0.25, -0.2) is 0 Å². The Morgan fingerprint density at radius 3 is 2.59 bits per heavy atom. The van der Waals surface area contributed by atoms with E-state index < -0.39 is 0 Å². The Morgan fingerprint density at radius 2 is 1.94 bits per heavy atom. The summed E-state index contributed by atoms with van der Waals surface area (Å²) in [6, 6.07) is 12.5. The Balaban J connectivity index is 0.00000144. The largest absolute Gasteiger partial charge is 0.311 e. The fourth-order valence-electron chi connectivity index (χ4n) is 1.65. The monoisotopic (exact) mass is 251 g/mol. The molecular weight excluding hydrogens is 234 g/mol. The Morgan fingerprint density at radius 1 is 1.18 bits per heavy atom. The minimum Gasteiger partial charge on any atom is -0.311 e. The lowest BCUT2D eigenvalue weighted by atomic mass is 10.1. The molecule has 1 N–H and O–H groups in total. The first-order valence-electron chi connectivity index (χ1n) is 5.58. The zero-order valence-electron chi connectivity index (χ0n) is 9.97. The summed E-state index contributed by atoms with van der Waals surface area (Å²) in [5.41, 5.74) is 2.46. The van der Waals surface area contributed by atoms with Crippen LogP contribution in [0.15, 0.2) is 42.6 Å². The van der Waals surface area contributed by atoms with Crippen molar-refractivity contribution in [2.45, 2.75) is 13.0 Å². The Labute approximate surface area is 108 Å². The van der Waals surface area contributed by atoms with E-state index in [0.29, 0.717) is 0 Å². The number of aromatic nitrogens is 2. The van der Waals surface area contributed by atoms with Crippen LogP contribution in [0.3, 0.4) is 0 Å². The maximum atomic E-state index is 4.31. The smallest absolute Gasteiger partial charge is 0.0762 e. The van der Waals surface area contributed by atoms with Crippen LogP contribution in [-0.2, 0) is 20.0 Å². The molecule has 3 nitrogen and oxygen atoms in total. The van der Waals surface area contributed by atoms with Crippen LogP contribution in [0.2, 0.25) is 0 Å². The van der Waals surface area contributed by atoms with Crippen LogP contribution < -0.4 is 5.32 Å². The van der Waals surface area contributed by atoms with Crippen LogP contribution in [0.1, 0.15) is 11.3 Å². The van der Waals surface area contributed by atoms with Crippen LogP contribution in [0.5, 0.6) is 0 Å². The molecule has 92 valence electrons. The minimum absolute atomic E-state index is 0. The molecule has 2 rings (SSSR count). The molecule has 0 saturated carbocycles. The van der Waals surface area contributed by atoms with Gasteiger partial charge in [0.05, 0.1) is 5.69 Å². The molecule has 0 aliphatic rings. The van der Waals surface area contributed by atoms with Gasteiger partial charge in [-0.2, -0.15) is 5.10 Å². The number of halogens is 1. The van der Waals surface area contributed by atoms with Crippen molar-refractivity contribution in [1.82, 2.24) is 15.1 Å². The molecule has 1 aromatic carbocycles. The fourth-order valence-corrected chi connectivity index (χ4v) is 1.65. The van der Waals surface area contributed by atoms with Crippen LogP contribution in [0.4, 0.5) is 0 Å². The predicted octanol–water partition coefficient (Wildman–Crippen LogP) is 2.17. The molecule has 0 bridgehead atoms. The number of nitrogens with one attached hydrogen (secondary N) is 1.